The Balaban J connectivity index is 2.19. The lowest BCUT2D eigenvalue weighted by molar-refractivity contribution is 0.534. The highest BCUT2D eigenvalue weighted by atomic mass is 15.4. The number of hydrogen-bond donors (Lipinski definition) is 2. The van der Waals surface area contributed by atoms with Crippen LogP contribution in [0.2, 0.25) is 0 Å². The lowest BCUT2D eigenvalue weighted by atomic mass is 10.3. The number of aromatic nitrogens is 4. The van der Waals surface area contributed by atoms with E-state index in [1.165, 1.54) is 0 Å². The van der Waals surface area contributed by atoms with Gasteiger partial charge in [-0.05, 0) is 33.8 Å². The molecule has 2 aromatic heterocycles. The van der Waals surface area contributed by atoms with Crippen molar-refractivity contribution in [2.75, 3.05) is 11.1 Å². The van der Waals surface area contributed by atoms with Crippen LogP contribution in [-0.2, 0) is 6.54 Å². The summed E-state index contributed by atoms with van der Waals surface area (Å²) in [4.78, 5) is 8.44. The number of aryl methyl sites for hydroxylation is 2. The van der Waals surface area contributed by atoms with Crippen LogP contribution < -0.4 is 11.1 Å². The molecule has 0 saturated carbocycles. The highest BCUT2D eigenvalue weighted by molar-refractivity contribution is 5.64. The third-order valence-corrected chi connectivity index (χ3v) is 2.89. The lowest BCUT2D eigenvalue weighted by Crippen LogP contribution is -2.12. The first-order valence-electron chi connectivity index (χ1n) is 6.36. The van der Waals surface area contributed by atoms with Crippen molar-refractivity contribution >= 4 is 11.5 Å². The van der Waals surface area contributed by atoms with Crippen LogP contribution in [0.3, 0.4) is 0 Å². The van der Waals surface area contributed by atoms with Crippen LogP contribution in [0, 0.1) is 13.8 Å². The standard InChI is InChI=1S/C13H20N6/c1-8(2)19-13(12(14)9(3)18-19)16-7-11-5-6-15-10(4)17-11/h5-6,8,16H,7,14H2,1-4H3. The Hall–Kier alpha value is -2.11. The van der Waals surface area contributed by atoms with Gasteiger partial charge in [0.05, 0.1) is 23.6 Å². The fraction of sp³-hybridized carbons (Fsp3) is 0.462. The van der Waals surface area contributed by atoms with Gasteiger partial charge in [-0.2, -0.15) is 5.10 Å². The molecule has 6 nitrogen and oxygen atoms in total. The van der Waals surface area contributed by atoms with Crippen LogP contribution in [0.1, 0.15) is 37.1 Å². The molecular weight excluding hydrogens is 240 g/mol. The fourth-order valence-corrected chi connectivity index (χ4v) is 1.89. The lowest BCUT2D eigenvalue weighted by Gasteiger charge is -2.13. The molecule has 0 radical (unpaired) electrons. The molecule has 0 bridgehead atoms. The third kappa shape index (κ3) is 2.83. The summed E-state index contributed by atoms with van der Waals surface area (Å²) in [6.07, 6.45) is 1.76. The van der Waals surface area contributed by atoms with Crippen LogP contribution in [-0.4, -0.2) is 19.7 Å². The van der Waals surface area contributed by atoms with Gasteiger partial charge >= 0.3 is 0 Å². The average molecular weight is 260 g/mol. The number of rotatable bonds is 4. The quantitative estimate of drug-likeness (QED) is 0.879. The Kier molecular flexibility index (Phi) is 3.69. The van der Waals surface area contributed by atoms with E-state index in [1.54, 1.807) is 6.20 Å². The van der Waals surface area contributed by atoms with Gasteiger partial charge in [0.2, 0.25) is 0 Å². The Bertz CT molecular complexity index is 573. The maximum atomic E-state index is 6.06. The van der Waals surface area contributed by atoms with Gasteiger partial charge in [0.15, 0.2) is 0 Å². The van der Waals surface area contributed by atoms with Crippen LogP contribution in [0.25, 0.3) is 0 Å². The summed E-state index contributed by atoms with van der Waals surface area (Å²) in [5, 5.41) is 7.75. The molecule has 0 spiro atoms. The minimum absolute atomic E-state index is 0.255. The maximum absolute atomic E-state index is 6.06. The van der Waals surface area contributed by atoms with Crippen LogP contribution >= 0.6 is 0 Å². The van der Waals surface area contributed by atoms with Crippen molar-refractivity contribution in [2.45, 2.75) is 40.3 Å². The summed E-state index contributed by atoms with van der Waals surface area (Å²) in [5.74, 6) is 1.62. The second kappa shape index (κ2) is 5.26. The highest BCUT2D eigenvalue weighted by Crippen LogP contribution is 2.25. The molecule has 19 heavy (non-hydrogen) atoms. The molecule has 102 valence electrons. The molecular formula is C13H20N6. The number of hydrogen-bond acceptors (Lipinski definition) is 5. The van der Waals surface area contributed by atoms with Crippen LogP contribution in [0.5, 0.6) is 0 Å². The number of nitrogens with one attached hydrogen (secondary N) is 1. The van der Waals surface area contributed by atoms with Crippen LogP contribution in [0.15, 0.2) is 12.3 Å². The van der Waals surface area contributed by atoms with Gasteiger partial charge in [-0.3, -0.25) is 0 Å². The van der Waals surface area contributed by atoms with Crippen molar-refractivity contribution < 1.29 is 0 Å². The molecule has 2 rings (SSSR count). The minimum Gasteiger partial charge on any atom is -0.394 e. The molecule has 0 aliphatic heterocycles. The van der Waals surface area contributed by atoms with E-state index in [1.807, 2.05) is 24.6 Å². The molecule has 0 atom stereocenters. The van der Waals surface area contributed by atoms with E-state index in [2.05, 4.69) is 34.2 Å². The van der Waals surface area contributed by atoms with Crippen molar-refractivity contribution in [3.8, 4) is 0 Å². The van der Waals surface area contributed by atoms with E-state index in [-0.39, 0.29) is 6.04 Å². The second-order valence-electron chi connectivity index (χ2n) is 4.83. The molecule has 3 N–H and O–H groups in total. The Morgan fingerprint density at radius 2 is 2.11 bits per heavy atom. The third-order valence-electron chi connectivity index (χ3n) is 2.89. The molecule has 2 aromatic rings. The van der Waals surface area contributed by atoms with Crippen molar-refractivity contribution in [3.63, 3.8) is 0 Å². The zero-order valence-corrected chi connectivity index (χ0v) is 11.8. The Labute approximate surface area is 113 Å². The first-order valence-corrected chi connectivity index (χ1v) is 6.36. The molecule has 0 amide bonds. The molecule has 0 fully saturated rings. The molecule has 0 aromatic carbocycles. The summed E-state index contributed by atoms with van der Waals surface area (Å²) < 4.78 is 1.90. The molecule has 0 aliphatic carbocycles. The monoisotopic (exact) mass is 260 g/mol. The molecule has 0 aliphatic rings. The topological polar surface area (TPSA) is 81.6 Å². The largest absolute Gasteiger partial charge is 0.394 e. The van der Waals surface area contributed by atoms with Gasteiger partial charge in [0.1, 0.15) is 11.6 Å². The fourth-order valence-electron chi connectivity index (χ4n) is 1.89. The van der Waals surface area contributed by atoms with Gasteiger partial charge in [-0.25, -0.2) is 14.6 Å². The van der Waals surface area contributed by atoms with E-state index in [4.69, 9.17) is 5.73 Å². The van der Waals surface area contributed by atoms with Gasteiger partial charge < -0.3 is 11.1 Å². The van der Waals surface area contributed by atoms with Gasteiger partial charge in [0.25, 0.3) is 0 Å². The summed E-state index contributed by atoms with van der Waals surface area (Å²) in [7, 11) is 0. The maximum Gasteiger partial charge on any atom is 0.148 e. The first kappa shape index (κ1) is 13.3. The second-order valence-corrected chi connectivity index (χ2v) is 4.83. The van der Waals surface area contributed by atoms with Crippen molar-refractivity contribution in [1.29, 1.82) is 0 Å². The van der Waals surface area contributed by atoms with Crippen molar-refractivity contribution in [1.82, 2.24) is 19.7 Å². The zero-order chi connectivity index (χ0) is 14.0. The van der Waals surface area contributed by atoms with E-state index in [0.717, 1.165) is 23.0 Å². The highest BCUT2D eigenvalue weighted by Gasteiger charge is 2.14. The Morgan fingerprint density at radius 3 is 2.74 bits per heavy atom. The number of nitrogens with two attached hydrogens (primary N) is 1. The van der Waals surface area contributed by atoms with Crippen LogP contribution in [0.4, 0.5) is 11.5 Å². The normalized spacial score (nSPS) is 11.0. The molecule has 2 heterocycles. The summed E-state index contributed by atoms with van der Waals surface area (Å²) in [6, 6.07) is 2.14. The Morgan fingerprint density at radius 1 is 1.37 bits per heavy atom. The molecule has 0 saturated heterocycles. The number of nitrogens with zero attached hydrogens (tertiary/aromatic N) is 4. The minimum atomic E-state index is 0.255. The van der Waals surface area contributed by atoms with E-state index < -0.39 is 0 Å². The predicted octanol–water partition coefficient (Wildman–Crippen LogP) is 2.07. The van der Waals surface area contributed by atoms with Crippen molar-refractivity contribution in [3.05, 3.63) is 29.5 Å². The van der Waals surface area contributed by atoms with E-state index >= 15 is 0 Å². The first-order chi connectivity index (χ1) is 8.99. The number of nitrogen functional groups attached to an aromatic ring is 1. The molecule has 6 heteroatoms. The van der Waals surface area contributed by atoms with E-state index in [9.17, 15) is 0 Å². The number of anilines is 2. The van der Waals surface area contributed by atoms with Gasteiger partial charge in [-0.15, -0.1) is 0 Å². The molecule has 0 unspecified atom stereocenters. The van der Waals surface area contributed by atoms with Gasteiger partial charge in [0, 0.05) is 12.2 Å². The summed E-state index contributed by atoms with van der Waals surface area (Å²) in [5.41, 5.74) is 8.52. The summed E-state index contributed by atoms with van der Waals surface area (Å²) in [6.45, 7) is 8.54. The van der Waals surface area contributed by atoms with Gasteiger partial charge in [-0.1, -0.05) is 0 Å². The van der Waals surface area contributed by atoms with Crippen molar-refractivity contribution in [2.24, 2.45) is 0 Å². The smallest absolute Gasteiger partial charge is 0.148 e. The average Bonchev–Trinajstić information content (AvgIpc) is 2.64. The zero-order valence-electron chi connectivity index (χ0n) is 11.8. The summed E-state index contributed by atoms with van der Waals surface area (Å²) >= 11 is 0. The SMILES string of the molecule is Cc1nccc(CNc2c(N)c(C)nn2C(C)C)n1. The van der Waals surface area contributed by atoms with E-state index in [0.29, 0.717) is 12.2 Å². The predicted molar refractivity (Wildman–Crippen MR) is 75.9 cm³/mol.